The van der Waals surface area contributed by atoms with E-state index < -0.39 is 17.5 Å². The molecule has 2 N–H and O–H groups in total. The molecule has 7 nitrogen and oxygen atoms in total. The molecule has 2 aliphatic rings. The zero-order valence-corrected chi connectivity index (χ0v) is 19.4. The average molecular weight is 469 g/mol. The molecule has 1 heterocycles. The average Bonchev–Trinajstić information content (AvgIpc) is 3.10. The van der Waals surface area contributed by atoms with E-state index >= 15 is 0 Å². The molecule has 0 bridgehead atoms. The number of nitrogens with one attached hydrogen (secondary N) is 1. The molecular formula is C25H28N2O5S. The van der Waals surface area contributed by atoms with Gasteiger partial charge in [-0.25, -0.2) is 4.79 Å². The van der Waals surface area contributed by atoms with Crippen LogP contribution < -0.4 is 5.32 Å². The molecule has 2 aromatic carbocycles. The maximum Gasteiger partial charge on any atom is 0.407 e. The smallest absolute Gasteiger partial charge is 0.407 e. The van der Waals surface area contributed by atoms with Crippen LogP contribution in [0.3, 0.4) is 0 Å². The highest BCUT2D eigenvalue weighted by Gasteiger charge is 2.49. The molecule has 2 amide bonds. The lowest BCUT2D eigenvalue weighted by molar-refractivity contribution is -0.165. The van der Waals surface area contributed by atoms with Crippen LogP contribution in [0.25, 0.3) is 11.1 Å². The number of carbonyl (C=O) groups is 3. The normalized spacial score (nSPS) is 15.8. The maximum absolute atomic E-state index is 12.2. The number of rotatable bonds is 9. The topological polar surface area (TPSA) is 95.9 Å². The number of hydrogen-bond donors (Lipinski definition) is 2. The van der Waals surface area contributed by atoms with Crippen molar-refractivity contribution in [2.24, 2.45) is 5.41 Å². The molecule has 0 unspecified atom stereocenters. The highest BCUT2D eigenvalue weighted by atomic mass is 32.2. The first kappa shape index (κ1) is 23.2. The van der Waals surface area contributed by atoms with Crippen LogP contribution in [0.4, 0.5) is 4.79 Å². The van der Waals surface area contributed by atoms with E-state index in [1.807, 2.05) is 31.2 Å². The molecule has 8 heteroatoms. The molecule has 4 rings (SSSR count). The van der Waals surface area contributed by atoms with Crippen molar-refractivity contribution >= 4 is 29.7 Å². The third-order valence-electron chi connectivity index (χ3n) is 6.56. The van der Waals surface area contributed by atoms with Gasteiger partial charge in [0.15, 0.2) is 0 Å². The molecule has 0 radical (unpaired) electrons. The molecule has 1 fully saturated rings. The Morgan fingerprint density at radius 2 is 1.70 bits per heavy atom. The number of alkyl carbamates (subject to hydrolysis) is 1. The van der Waals surface area contributed by atoms with Crippen LogP contribution in [0.5, 0.6) is 0 Å². The number of likely N-dealkylation sites (tertiary alicyclic amines) is 1. The van der Waals surface area contributed by atoms with Crippen molar-refractivity contribution in [3.05, 3.63) is 59.7 Å². The summed E-state index contributed by atoms with van der Waals surface area (Å²) in [7, 11) is 0. The van der Waals surface area contributed by atoms with E-state index in [0.29, 0.717) is 18.7 Å². The molecule has 0 aromatic heterocycles. The van der Waals surface area contributed by atoms with Crippen LogP contribution in [0.15, 0.2) is 48.5 Å². The second-order valence-electron chi connectivity index (χ2n) is 8.49. The Morgan fingerprint density at radius 3 is 2.27 bits per heavy atom. The van der Waals surface area contributed by atoms with Crippen molar-refractivity contribution in [1.82, 2.24) is 10.2 Å². The highest BCUT2D eigenvalue weighted by Crippen LogP contribution is 2.44. The molecule has 1 aliphatic heterocycles. The Hall–Kier alpha value is -3.00. The van der Waals surface area contributed by atoms with Gasteiger partial charge in [-0.15, -0.1) is 0 Å². The molecule has 0 atom stereocenters. The number of carboxylic acid groups (broad SMARTS) is 1. The van der Waals surface area contributed by atoms with Crippen LogP contribution in [-0.2, 0) is 14.3 Å². The summed E-state index contributed by atoms with van der Waals surface area (Å²) in [5, 5.41) is 12.0. The predicted molar refractivity (Wildman–Crippen MR) is 127 cm³/mol. The van der Waals surface area contributed by atoms with E-state index in [2.05, 4.69) is 29.6 Å². The zero-order chi connectivity index (χ0) is 23.4. The molecule has 1 saturated heterocycles. The molecule has 33 heavy (non-hydrogen) atoms. The lowest BCUT2D eigenvalue weighted by Gasteiger charge is -2.46. The first-order valence-corrected chi connectivity index (χ1v) is 12.3. The lowest BCUT2D eigenvalue weighted by atomic mass is 9.77. The number of nitrogens with zero attached hydrogens (tertiary/aromatic N) is 1. The summed E-state index contributed by atoms with van der Waals surface area (Å²) in [4.78, 5) is 37.3. The van der Waals surface area contributed by atoms with Crippen LogP contribution in [0.2, 0.25) is 0 Å². The second-order valence-corrected chi connectivity index (χ2v) is 9.60. The van der Waals surface area contributed by atoms with Gasteiger partial charge in [0.05, 0.1) is 5.75 Å². The van der Waals surface area contributed by atoms with Gasteiger partial charge in [0.2, 0.25) is 5.91 Å². The largest absolute Gasteiger partial charge is 0.481 e. The summed E-state index contributed by atoms with van der Waals surface area (Å²) >= 11 is 1.41. The minimum atomic E-state index is -0.839. The van der Waals surface area contributed by atoms with Crippen molar-refractivity contribution in [2.75, 3.05) is 37.7 Å². The summed E-state index contributed by atoms with van der Waals surface area (Å²) in [6.07, 6.45) is 0.0456. The van der Waals surface area contributed by atoms with E-state index in [9.17, 15) is 19.5 Å². The lowest BCUT2D eigenvalue weighted by Crippen LogP contribution is -2.62. The fraction of sp³-hybridized carbons (Fsp3) is 0.400. The second kappa shape index (κ2) is 9.87. The van der Waals surface area contributed by atoms with Crippen LogP contribution in [-0.4, -0.2) is 65.7 Å². The first-order chi connectivity index (χ1) is 15.9. The number of aliphatic carboxylic acids is 1. The number of thioether (sulfide) groups is 1. The standard InChI is InChI=1S/C25H28N2O5S/c1-2-25(23(29)30)15-27(16-25)22(28)14-33-12-11-26-24(31)32-13-21-19-9-5-3-7-17(19)18-8-4-6-10-20(18)21/h3-10,21H,2,11-16H2,1H3,(H,26,31)(H,29,30). The van der Waals surface area contributed by atoms with E-state index in [1.165, 1.54) is 34.0 Å². The van der Waals surface area contributed by atoms with Gasteiger partial charge in [-0.05, 0) is 28.7 Å². The quantitative estimate of drug-likeness (QED) is 0.546. The molecular weight excluding hydrogens is 440 g/mol. The van der Waals surface area contributed by atoms with Crippen molar-refractivity contribution < 1.29 is 24.2 Å². The van der Waals surface area contributed by atoms with E-state index in [4.69, 9.17) is 4.74 Å². The van der Waals surface area contributed by atoms with E-state index in [1.54, 1.807) is 4.90 Å². The van der Waals surface area contributed by atoms with Gasteiger partial charge in [0, 0.05) is 31.3 Å². The number of amides is 2. The Balaban J connectivity index is 1.16. The van der Waals surface area contributed by atoms with Crippen molar-refractivity contribution in [2.45, 2.75) is 19.3 Å². The van der Waals surface area contributed by atoms with Gasteiger partial charge in [-0.2, -0.15) is 11.8 Å². The number of carboxylic acids is 1. The van der Waals surface area contributed by atoms with Gasteiger partial charge in [-0.3, -0.25) is 9.59 Å². The van der Waals surface area contributed by atoms with Gasteiger partial charge in [-0.1, -0.05) is 55.5 Å². The summed E-state index contributed by atoms with van der Waals surface area (Å²) in [5.41, 5.74) is 3.92. The van der Waals surface area contributed by atoms with E-state index in [0.717, 1.165) is 0 Å². The molecule has 0 spiro atoms. The SMILES string of the molecule is CCC1(C(=O)O)CN(C(=O)CSCCNC(=O)OCC2c3ccccc3-c3ccccc32)C1. The number of hydrogen-bond acceptors (Lipinski definition) is 5. The molecule has 2 aromatic rings. The minimum absolute atomic E-state index is 0.0210. The number of benzene rings is 2. The Bertz CT molecular complexity index is 1010. The van der Waals surface area contributed by atoms with E-state index in [-0.39, 0.29) is 37.3 Å². The fourth-order valence-corrected chi connectivity index (χ4v) is 5.24. The first-order valence-electron chi connectivity index (χ1n) is 11.1. The number of fused-ring (bicyclic) bond motifs is 3. The van der Waals surface area contributed by atoms with Gasteiger partial charge >= 0.3 is 12.1 Å². The van der Waals surface area contributed by atoms with Crippen LogP contribution in [0, 0.1) is 5.41 Å². The zero-order valence-electron chi connectivity index (χ0n) is 18.6. The summed E-state index contributed by atoms with van der Waals surface area (Å²) < 4.78 is 5.50. The van der Waals surface area contributed by atoms with Crippen molar-refractivity contribution in [3.8, 4) is 11.1 Å². The number of ether oxygens (including phenoxy) is 1. The fourth-order valence-electron chi connectivity index (χ4n) is 4.50. The third kappa shape index (κ3) is 4.71. The summed E-state index contributed by atoms with van der Waals surface area (Å²) in [6, 6.07) is 16.4. The van der Waals surface area contributed by atoms with Crippen LogP contribution in [0.1, 0.15) is 30.4 Å². The predicted octanol–water partition coefficient (Wildman–Crippen LogP) is 3.58. The van der Waals surface area contributed by atoms with Crippen molar-refractivity contribution in [1.29, 1.82) is 0 Å². The molecule has 174 valence electrons. The summed E-state index contributed by atoms with van der Waals surface area (Å²) in [5.74, 6) is -0.0406. The van der Waals surface area contributed by atoms with Crippen LogP contribution >= 0.6 is 11.8 Å². The van der Waals surface area contributed by atoms with Gasteiger partial charge in [0.25, 0.3) is 0 Å². The molecule has 0 saturated carbocycles. The highest BCUT2D eigenvalue weighted by molar-refractivity contribution is 7.99. The Labute approximate surface area is 197 Å². The maximum atomic E-state index is 12.2. The third-order valence-corrected chi connectivity index (χ3v) is 7.50. The van der Waals surface area contributed by atoms with Gasteiger partial charge in [0.1, 0.15) is 12.0 Å². The Morgan fingerprint density at radius 1 is 1.09 bits per heavy atom. The number of carbonyl (C=O) groups excluding carboxylic acids is 2. The van der Waals surface area contributed by atoms with Crippen molar-refractivity contribution in [3.63, 3.8) is 0 Å². The Kier molecular flexibility index (Phi) is 6.93. The minimum Gasteiger partial charge on any atom is -0.481 e. The summed E-state index contributed by atoms with van der Waals surface area (Å²) in [6.45, 7) is 3.04. The molecule has 1 aliphatic carbocycles. The monoisotopic (exact) mass is 468 g/mol. The van der Waals surface area contributed by atoms with Gasteiger partial charge < -0.3 is 20.1 Å².